The molecule has 3 aromatic carbocycles. The first-order chi connectivity index (χ1) is 18.9. The Bertz CT molecular complexity index is 1480. The number of rotatable bonds is 11. The average molecular weight is 603 g/mol. The van der Waals surface area contributed by atoms with Gasteiger partial charge in [-0.3, -0.25) is 14.6 Å². The highest BCUT2D eigenvalue weighted by molar-refractivity contribution is 6.19. The Morgan fingerprint density at radius 3 is 2.12 bits per heavy atom. The van der Waals surface area contributed by atoms with Crippen LogP contribution >= 0.6 is 24.8 Å². The van der Waals surface area contributed by atoms with Gasteiger partial charge in [-0.25, -0.2) is 0 Å². The van der Waals surface area contributed by atoms with E-state index in [9.17, 15) is 9.59 Å². The molecule has 9 nitrogen and oxygen atoms in total. The first-order valence-corrected chi connectivity index (χ1v) is 12.4. The van der Waals surface area contributed by atoms with Crippen molar-refractivity contribution in [3.63, 3.8) is 0 Å². The number of nitrogens with one attached hydrogen (secondary N) is 1. The Hall–Kier alpha value is -4.05. The molecular formula is C30H33Cl2N3O6. The summed E-state index contributed by atoms with van der Waals surface area (Å²) in [4.78, 5) is 31.2. The van der Waals surface area contributed by atoms with Crippen molar-refractivity contribution in [3.8, 4) is 23.0 Å². The van der Waals surface area contributed by atoms with Gasteiger partial charge in [-0.2, -0.15) is 0 Å². The van der Waals surface area contributed by atoms with Crippen molar-refractivity contribution < 1.29 is 28.5 Å². The van der Waals surface area contributed by atoms with Gasteiger partial charge in [-0.1, -0.05) is 30.3 Å². The number of carbonyl (C=O) groups excluding carboxylic acids is 2. The van der Waals surface area contributed by atoms with Gasteiger partial charge in [0.15, 0.2) is 17.3 Å². The molecule has 4 aromatic rings. The molecule has 0 unspecified atom stereocenters. The SMILES string of the molecule is CCOc1ccc2c(C(=O)c3cc(OC)c(OC)c(OC)c3)cncc2c1NC(=O)[C@@H](N)Cc1ccccc1.Cl.Cl. The van der Waals surface area contributed by atoms with Crippen LogP contribution in [0.15, 0.2) is 67.0 Å². The molecule has 1 aromatic heterocycles. The fourth-order valence-corrected chi connectivity index (χ4v) is 4.35. The number of anilines is 1. The van der Waals surface area contributed by atoms with E-state index in [1.165, 1.54) is 27.5 Å². The summed E-state index contributed by atoms with van der Waals surface area (Å²) in [5.74, 6) is 0.846. The number of ether oxygens (including phenoxy) is 4. The molecule has 0 saturated heterocycles. The van der Waals surface area contributed by atoms with Gasteiger partial charge in [0.1, 0.15) is 5.75 Å². The normalized spacial score (nSPS) is 11.0. The van der Waals surface area contributed by atoms with Crippen LogP contribution in [-0.4, -0.2) is 50.7 Å². The Balaban J connectivity index is 0.00000294. The van der Waals surface area contributed by atoms with E-state index >= 15 is 0 Å². The fourth-order valence-electron chi connectivity index (χ4n) is 4.35. The van der Waals surface area contributed by atoms with Crippen molar-refractivity contribution in [2.45, 2.75) is 19.4 Å². The van der Waals surface area contributed by atoms with Gasteiger partial charge in [0.25, 0.3) is 0 Å². The largest absolute Gasteiger partial charge is 0.493 e. The molecule has 4 rings (SSSR count). The molecule has 3 N–H and O–H groups in total. The summed E-state index contributed by atoms with van der Waals surface area (Å²) in [6, 6.07) is 15.4. The number of carbonyl (C=O) groups is 2. The summed E-state index contributed by atoms with van der Waals surface area (Å²) < 4.78 is 22.0. The van der Waals surface area contributed by atoms with E-state index in [2.05, 4.69) is 10.3 Å². The summed E-state index contributed by atoms with van der Waals surface area (Å²) in [5.41, 5.74) is 8.24. The van der Waals surface area contributed by atoms with Crippen LogP contribution < -0.4 is 30.0 Å². The molecule has 0 aliphatic heterocycles. The zero-order valence-electron chi connectivity index (χ0n) is 23.1. The molecule has 0 aliphatic carbocycles. The molecule has 1 heterocycles. The maximum atomic E-state index is 13.7. The molecule has 0 aliphatic rings. The third-order valence-corrected chi connectivity index (χ3v) is 6.26. The van der Waals surface area contributed by atoms with E-state index < -0.39 is 6.04 Å². The van der Waals surface area contributed by atoms with Crippen LogP contribution in [0.3, 0.4) is 0 Å². The lowest BCUT2D eigenvalue weighted by molar-refractivity contribution is -0.117. The molecule has 0 saturated carbocycles. The third kappa shape index (κ3) is 7.18. The number of halogens is 2. The Morgan fingerprint density at radius 2 is 1.54 bits per heavy atom. The first-order valence-electron chi connectivity index (χ1n) is 12.4. The highest BCUT2D eigenvalue weighted by atomic mass is 35.5. The third-order valence-electron chi connectivity index (χ3n) is 6.26. The zero-order valence-corrected chi connectivity index (χ0v) is 24.8. The van der Waals surface area contributed by atoms with Crippen LogP contribution in [0.25, 0.3) is 10.8 Å². The number of nitrogens with two attached hydrogens (primary N) is 1. The molecule has 41 heavy (non-hydrogen) atoms. The van der Waals surface area contributed by atoms with Crippen LogP contribution in [0.1, 0.15) is 28.4 Å². The van der Waals surface area contributed by atoms with Gasteiger partial charge in [0, 0.05) is 28.9 Å². The van der Waals surface area contributed by atoms with Crippen LogP contribution in [-0.2, 0) is 11.2 Å². The number of amides is 1. The average Bonchev–Trinajstić information content (AvgIpc) is 2.97. The fraction of sp³-hybridized carbons (Fsp3) is 0.233. The lowest BCUT2D eigenvalue weighted by Crippen LogP contribution is -2.37. The second-order valence-corrected chi connectivity index (χ2v) is 8.68. The van der Waals surface area contributed by atoms with E-state index in [1.807, 2.05) is 37.3 Å². The summed E-state index contributed by atoms with van der Waals surface area (Å²) in [7, 11) is 4.46. The highest BCUT2D eigenvalue weighted by Crippen LogP contribution is 2.40. The second kappa shape index (κ2) is 15.1. The molecule has 0 bridgehead atoms. The topological polar surface area (TPSA) is 122 Å². The van der Waals surface area contributed by atoms with Crippen molar-refractivity contribution in [2.75, 3.05) is 33.3 Å². The Kier molecular flexibility index (Phi) is 12.2. The maximum absolute atomic E-state index is 13.7. The smallest absolute Gasteiger partial charge is 0.241 e. The summed E-state index contributed by atoms with van der Waals surface area (Å²) in [5, 5.41) is 4.04. The van der Waals surface area contributed by atoms with E-state index in [1.54, 1.807) is 30.5 Å². The standard InChI is InChI=1S/C30H31N3O6.2ClH/c1-5-39-24-12-11-20-21(27(24)33-30(35)23(31)13-18-9-7-6-8-10-18)16-32-17-22(20)28(34)19-14-25(36-2)29(38-4)26(15-19)37-3;;/h6-12,14-17,23H,5,13,31H2,1-4H3,(H,33,35);2*1H/t23-;;/m0../s1. The minimum absolute atomic E-state index is 0. The summed E-state index contributed by atoms with van der Waals surface area (Å²) in [6.45, 7) is 2.22. The molecule has 0 radical (unpaired) electrons. The predicted molar refractivity (Wildman–Crippen MR) is 164 cm³/mol. The van der Waals surface area contributed by atoms with Gasteiger partial charge in [0.2, 0.25) is 11.7 Å². The van der Waals surface area contributed by atoms with Crippen molar-refractivity contribution >= 4 is 53.0 Å². The highest BCUT2D eigenvalue weighted by Gasteiger charge is 2.23. The first kappa shape index (κ1) is 33.2. The number of hydrogen-bond acceptors (Lipinski definition) is 8. The number of ketones is 1. The second-order valence-electron chi connectivity index (χ2n) is 8.68. The minimum Gasteiger partial charge on any atom is -0.493 e. The van der Waals surface area contributed by atoms with Gasteiger partial charge >= 0.3 is 0 Å². The lowest BCUT2D eigenvalue weighted by atomic mass is 9.97. The van der Waals surface area contributed by atoms with Crippen LogP contribution in [0.5, 0.6) is 23.0 Å². The Morgan fingerprint density at radius 1 is 0.878 bits per heavy atom. The van der Waals surface area contributed by atoms with Crippen molar-refractivity contribution in [1.82, 2.24) is 4.98 Å². The van der Waals surface area contributed by atoms with Crippen molar-refractivity contribution in [1.29, 1.82) is 0 Å². The van der Waals surface area contributed by atoms with E-state index in [0.717, 1.165) is 5.56 Å². The van der Waals surface area contributed by atoms with Gasteiger partial charge in [0.05, 0.1) is 39.7 Å². The van der Waals surface area contributed by atoms with E-state index in [-0.39, 0.29) is 36.5 Å². The maximum Gasteiger partial charge on any atom is 0.241 e. The number of methoxy groups -OCH3 is 3. The number of aromatic nitrogens is 1. The number of hydrogen-bond donors (Lipinski definition) is 2. The van der Waals surface area contributed by atoms with Crippen LogP contribution in [0.4, 0.5) is 5.69 Å². The quantitative estimate of drug-likeness (QED) is 0.224. The minimum atomic E-state index is -0.797. The zero-order chi connectivity index (χ0) is 27.9. The van der Waals surface area contributed by atoms with Gasteiger partial charge in [-0.05, 0) is 48.6 Å². The van der Waals surface area contributed by atoms with Crippen LogP contribution in [0, 0.1) is 0 Å². The molecule has 218 valence electrons. The monoisotopic (exact) mass is 601 g/mol. The van der Waals surface area contributed by atoms with Crippen LogP contribution in [0.2, 0.25) is 0 Å². The number of pyridine rings is 1. The summed E-state index contributed by atoms with van der Waals surface area (Å²) >= 11 is 0. The molecule has 0 spiro atoms. The van der Waals surface area contributed by atoms with Crippen molar-refractivity contribution in [3.05, 3.63) is 83.7 Å². The van der Waals surface area contributed by atoms with E-state index in [0.29, 0.717) is 63.6 Å². The number of nitrogens with zero attached hydrogens (tertiary/aromatic N) is 1. The summed E-state index contributed by atoms with van der Waals surface area (Å²) in [6.07, 6.45) is 3.44. The Labute approximate surface area is 251 Å². The van der Waals surface area contributed by atoms with E-state index in [4.69, 9.17) is 24.7 Å². The van der Waals surface area contributed by atoms with Crippen molar-refractivity contribution in [2.24, 2.45) is 5.73 Å². The molecule has 0 fully saturated rings. The molecule has 1 atom stereocenters. The number of benzene rings is 3. The lowest BCUT2D eigenvalue weighted by Gasteiger charge is -2.18. The van der Waals surface area contributed by atoms with Gasteiger partial charge in [-0.15, -0.1) is 24.8 Å². The molecule has 11 heteroatoms. The van der Waals surface area contributed by atoms with Gasteiger partial charge < -0.3 is 30.0 Å². The molecular weight excluding hydrogens is 569 g/mol. The predicted octanol–water partition coefficient (Wildman–Crippen LogP) is 5.24. The number of fused-ring (bicyclic) bond motifs is 1. The molecule has 1 amide bonds.